The van der Waals surface area contributed by atoms with Crippen LogP contribution in [-0.4, -0.2) is 59.6 Å². The van der Waals surface area contributed by atoms with Gasteiger partial charge in [0.25, 0.3) is 10.0 Å². The highest BCUT2D eigenvalue weighted by molar-refractivity contribution is 8.00. The summed E-state index contributed by atoms with van der Waals surface area (Å²) in [6, 6.07) is 0. The Hall–Kier alpha value is -1.06. The fourth-order valence-electron chi connectivity index (χ4n) is 2.11. The standard InChI is InChI=1S/C12H19N3O4S2/c1-3-9-8-15(5-6-20-9)21(17,18)11-10(7-13-14-11)12(16)19-4-2/h7,9H,3-6,8H2,1-2H3,(H,13,14). The third kappa shape index (κ3) is 3.41. The van der Waals surface area contributed by atoms with Crippen LogP contribution in [0.5, 0.6) is 0 Å². The molecule has 2 heterocycles. The van der Waals surface area contributed by atoms with E-state index in [1.54, 1.807) is 18.7 Å². The quantitative estimate of drug-likeness (QED) is 0.811. The average Bonchev–Trinajstić information content (AvgIpc) is 2.98. The van der Waals surface area contributed by atoms with Gasteiger partial charge in [-0.05, 0) is 13.3 Å². The molecule has 1 unspecified atom stereocenters. The number of carbonyl (C=O) groups excluding carboxylic acids is 1. The highest BCUT2D eigenvalue weighted by atomic mass is 32.2. The van der Waals surface area contributed by atoms with Crippen LogP contribution in [0.25, 0.3) is 0 Å². The van der Waals surface area contributed by atoms with E-state index >= 15 is 0 Å². The number of hydrogen-bond donors (Lipinski definition) is 1. The molecule has 0 radical (unpaired) electrons. The van der Waals surface area contributed by atoms with Gasteiger partial charge in [0.05, 0.1) is 12.8 Å². The lowest BCUT2D eigenvalue weighted by atomic mass is 10.3. The summed E-state index contributed by atoms with van der Waals surface area (Å²) in [7, 11) is -3.75. The van der Waals surface area contributed by atoms with Gasteiger partial charge in [0.1, 0.15) is 5.56 Å². The number of thioether (sulfide) groups is 1. The van der Waals surface area contributed by atoms with Gasteiger partial charge in [0.15, 0.2) is 5.03 Å². The summed E-state index contributed by atoms with van der Waals surface area (Å²) in [5.74, 6) is 0.0731. The van der Waals surface area contributed by atoms with Gasteiger partial charge in [-0.2, -0.15) is 21.2 Å². The molecule has 0 saturated carbocycles. The van der Waals surface area contributed by atoms with E-state index in [-0.39, 0.29) is 22.4 Å². The Morgan fingerprint density at radius 3 is 3.00 bits per heavy atom. The summed E-state index contributed by atoms with van der Waals surface area (Å²) in [4.78, 5) is 11.8. The lowest BCUT2D eigenvalue weighted by Crippen LogP contribution is -2.42. The molecule has 1 fully saturated rings. The van der Waals surface area contributed by atoms with Crippen molar-refractivity contribution >= 4 is 27.8 Å². The number of carbonyl (C=O) groups is 1. The molecule has 9 heteroatoms. The van der Waals surface area contributed by atoms with Crippen molar-refractivity contribution < 1.29 is 17.9 Å². The minimum absolute atomic E-state index is 0.0388. The van der Waals surface area contributed by atoms with Crippen LogP contribution in [0.3, 0.4) is 0 Å². The van der Waals surface area contributed by atoms with Gasteiger partial charge < -0.3 is 4.74 Å². The Bertz CT molecular complexity index is 599. The minimum atomic E-state index is -3.75. The highest BCUT2D eigenvalue weighted by Crippen LogP contribution is 2.26. The van der Waals surface area contributed by atoms with Gasteiger partial charge in [-0.25, -0.2) is 13.2 Å². The summed E-state index contributed by atoms with van der Waals surface area (Å²) in [6.07, 6.45) is 2.10. The molecule has 0 bridgehead atoms. The summed E-state index contributed by atoms with van der Waals surface area (Å²) in [5, 5.41) is 6.22. The Labute approximate surface area is 128 Å². The number of aromatic amines is 1. The summed E-state index contributed by atoms with van der Waals surface area (Å²) < 4.78 is 31.6. The number of nitrogens with one attached hydrogen (secondary N) is 1. The molecular weight excluding hydrogens is 314 g/mol. The molecule has 0 aliphatic carbocycles. The van der Waals surface area contributed by atoms with Crippen molar-refractivity contribution in [2.75, 3.05) is 25.4 Å². The number of esters is 1. The normalized spacial score (nSPS) is 20.4. The second-order valence-electron chi connectivity index (χ2n) is 4.60. The van der Waals surface area contributed by atoms with E-state index in [1.807, 2.05) is 6.92 Å². The number of ether oxygens (including phenoxy) is 1. The highest BCUT2D eigenvalue weighted by Gasteiger charge is 2.34. The second kappa shape index (κ2) is 6.80. The average molecular weight is 333 g/mol. The van der Waals surface area contributed by atoms with E-state index in [0.717, 1.165) is 12.2 Å². The lowest BCUT2D eigenvalue weighted by molar-refractivity contribution is 0.0521. The predicted octanol–water partition coefficient (Wildman–Crippen LogP) is 1.10. The largest absolute Gasteiger partial charge is 0.462 e. The van der Waals surface area contributed by atoms with E-state index in [2.05, 4.69) is 10.2 Å². The van der Waals surface area contributed by atoms with Crippen molar-refractivity contribution in [3.63, 3.8) is 0 Å². The molecule has 1 saturated heterocycles. The Balaban J connectivity index is 2.28. The van der Waals surface area contributed by atoms with Gasteiger partial charge in [-0.15, -0.1) is 0 Å². The third-order valence-electron chi connectivity index (χ3n) is 3.25. The van der Waals surface area contributed by atoms with Crippen molar-refractivity contribution in [1.29, 1.82) is 0 Å². The molecule has 118 valence electrons. The maximum atomic E-state index is 12.7. The smallest absolute Gasteiger partial charge is 0.342 e. The molecule has 0 aromatic carbocycles. The minimum Gasteiger partial charge on any atom is -0.462 e. The second-order valence-corrected chi connectivity index (χ2v) is 7.88. The van der Waals surface area contributed by atoms with Crippen LogP contribution in [0, 0.1) is 0 Å². The first kappa shape index (κ1) is 16.3. The number of hydrogen-bond acceptors (Lipinski definition) is 6. The monoisotopic (exact) mass is 333 g/mol. The molecule has 1 N–H and O–H groups in total. The van der Waals surface area contributed by atoms with Crippen LogP contribution in [-0.2, 0) is 14.8 Å². The first-order valence-corrected chi connectivity index (χ1v) is 9.31. The van der Waals surface area contributed by atoms with Gasteiger partial charge in [0, 0.05) is 24.1 Å². The van der Waals surface area contributed by atoms with E-state index in [9.17, 15) is 13.2 Å². The van der Waals surface area contributed by atoms with Crippen molar-refractivity contribution in [3.05, 3.63) is 11.8 Å². The molecule has 7 nitrogen and oxygen atoms in total. The zero-order valence-electron chi connectivity index (χ0n) is 12.0. The maximum Gasteiger partial charge on any atom is 0.342 e. The molecule has 1 aromatic heterocycles. The fraction of sp³-hybridized carbons (Fsp3) is 0.667. The third-order valence-corrected chi connectivity index (χ3v) is 6.47. The number of sulfonamides is 1. The van der Waals surface area contributed by atoms with Gasteiger partial charge in [-0.1, -0.05) is 6.92 Å². The number of aromatic nitrogens is 2. The van der Waals surface area contributed by atoms with Gasteiger partial charge in [-0.3, -0.25) is 5.10 Å². The van der Waals surface area contributed by atoms with E-state index < -0.39 is 16.0 Å². The van der Waals surface area contributed by atoms with Gasteiger partial charge >= 0.3 is 5.97 Å². The zero-order chi connectivity index (χ0) is 15.5. The Morgan fingerprint density at radius 1 is 1.57 bits per heavy atom. The van der Waals surface area contributed by atoms with Crippen molar-refractivity contribution in [3.8, 4) is 0 Å². The van der Waals surface area contributed by atoms with Crippen LogP contribution >= 0.6 is 11.8 Å². The maximum absolute atomic E-state index is 12.7. The molecule has 21 heavy (non-hydrogen) atoms. The topological polar surface area (TPSA) is 92.4 Å². The predicted molar refractivity (Wildman–Crippen MR) is 79.8 cm³/mol. The van der Waals surface area contributed by atoms with E-state index in [0.29, 0.717) is 13.1 Å². The van der Waals surface area contributed by atoms with Crippen LogP contribution in [0.15, 0.2) is 11.2 Å². The zero-order valence-corrected chi connectivity index (χ0v) is 13.7. The van der Waals surface area contributed by atoms with Crippen LogP contribution in [0.2, 0.25) is 0 Å². The fourth-order valence-corrected chi connectivity index (χ4v) is 5.05. The van der Waals surface area contributed by atoms with Gasteiger partial charge in [0.2, 0.25) is 0 Å². The van der Waals surface area contributed by atoms with Crippen molar-refractivity contribution in [2.24, 2.45) is 0 Å². The lowest BCUT2D eigenvalue weighted by Gasteiger charge is -2.30. The first-order valence-electron chi connectivity index (χ1n) is 6.82. The van der Waals surface area contributed by atoms with E-state index in [4.69, 9.17) is 4.74 Å². The Morgan fingerprint density at radius 2 is 2.33 bits per heavy atom. The number of H-pyrrole nitrogens is 1. The number of rotatable bonds is 5. The molecule has 2 rings (SSSR count). The van der Waals surface area contributed by atoms with Crippen molar-refractivity contribution in [2.45, 2.75) is 30.5 Å². The first-order chi connectivity index (χ1) is 10.0. The summed E-state index contributed by atoms with van der Waals surface area (Å²) in [6.45, 7) is 4.77. The molecule has 0 spiro atoms. The molecule has 0 amide bonds. The molecule has 1 aliphatic rings. The van der Waals surface area contributed by atoms with Crippen molar-refractivity contribution in [1.82, 2.24) is 14.5 Å². The molecule has 1 atom stereocenters. The molecule has 1 aromatic rings. The summed E-state index contributed by atoms with van der Waals surface area (Å²) >= 11 is 1.78. The number of nitrogens with zero attached hydrogens (tertiary/aromatic N) is 2. The van der Waals surface area contributed by atoms with Crippen LogP contribution < -0.4 is 0 Å². The molecule has 1 aliphatic heterocycles. The summed E-state index contributed by atoms with van der Waals surface area (Å²) in [5.41, 5.74) is -0.0388. The van der Waals surface area contributed by atoms with Crippen LogP contribution in [0.1, 0.15) is 30.6 Å². The molecular formula is C12H19N3O4S2. The SMILES string of the molecule is CCOC(=O)c1cn[nH]c1S(=O)(=O)N1CCSC(CC)C1. The van der Waals surface area contributed by atoms with E-state index in [1.165, 1.54) is 10.5 Å². The Kier molecular flexibility index (Phi) is 5.28. The van der Waals surface area contributed by atoms with Crippen LogP contribution in [0.4, 0.5) is 0 Å².